The van der Waals surface area contributed by atoms with Crippen LogP contribution in [0, 0.1) is 0 Å². The number of allylic oxidation sites excluding steroid dienone is 5. The van der Waals surface area contributed by atoms with E-state index in [-0.39, 0.29) is 19.1 Å². The van der Waals surface area contributed by atoms with Crippen LogP contribution in [0.2, 0.25) is 0 Å². The number of hydrogen-bond donors (Lipinski definition) is 3. The lowest BCUT2D eigenvalue weighted by molar-refractivity contribution is -0.870. The third-order valence-electron chi connectivity index (χ3n) is 12.3. The minimum Gasteiger partial charge on any atom is -0.387 e. The van der Waals surface area contributed by atoms with Crippen molar-refractivity contribution in [2.75, 3.05) is 40.9 Å². The van der Waals surface area contributed by atoms with Crippen molar-refractivity contribution in [3.05, 3.63) is 36.5 Å². The average Bonchev–Trinajstić information content (AvgIpc) is 3.25. The van der Waals surface area contributed by atoms with E-state index < -0.39 is 20.0 Å². The van der Waals surface area contributed by atoms with E-state index in [1.807, 2.05) is 27.2 Å². The van der Waals surface area contributed by atoms with Gasteiger partial charge in [-0.2, -0.15) is 0 Å². The lowest BCUT2D eigenvalue weighted by atomic mass is 10.0. The van der Waals surface area contributed by atoms with Gasteiger partial charge in [0.05, 0.1) is 39.9 Å². The van der Waals surface area contributed by atoms with Gasteiger partial charge in [-0.25, -0.2) is 4.57 Å². The summed E-state index contributed by atoms with van der Waals surface area (Å²) in [6, 6.07) is -0.866. The van der Waals surface area contributed by atoms with Crippen LogP contribution in [0.5, 0.6) is 0 Å². The summed E-state index contributed by atoms with van der Waals surface area (Å²) < 4.78 is 23.6. The van der Waals surface area contributed by atoms with Crippen molar-refractivity contribution in [2.24, 2.45) is 0 Å². The Balaban J connectivity index is 4.08. The molecule has 1 amide bonds. The van der Waals surface area contributed by atoms with Gasteiger partial charge in [0.25, 0.3) is 0 Å². The summed E-state index contributed by atoms with van der Waals surface area (Å²) in [6.07, 6.45) is 59.7. The molecular weight excluding hydrogens is 816 g/mol. The Morgan fingerprint density at radius 3 is 1.25 bits per heavy atom. The number of hydrogen-bond acceptors (Lipinski definition) is 5. The summed E-state index contributed by atoms with van der Waals surface area (Å²) in [5, 5.41) is 13.8. The number of nitrogens with zero attached hydrogens (tertiary/aromatic N) is 1. The number of phosphoric ester groups is 1. The lowest BCUT2D eigenvalue weighted by Gasteiger charge is -2.25. The SMILES string of the molecule is CCCCC/C=C/CC/C=C/CC/C=C/C(O)C(COP(=O)(O)OCC[N+](C)(C)C)NC(=O)CCCCCCCCCCCCCCCCCCCCCCCCCCCCCCC. The predicted molar refractivity (Wildman–Crippen MR) is 277 cm³/mol. The third kappa shape index (κ3) is 48.6. The molecule has 0 aliphatic rings. The van der Waals surface area contributed by atoms with Crippen LogP contribution in [-0.4, -0.2) is 73.4 Å². The van der Waals surface area contributed by atoms with E-state index in [1.165, 1.54) is 186 Å². The molecule has 0 aromatic carbocycles. The Labute approximate surface area is 397 Å². The first-order chi connectivity index (χ1) is 31.0. The van der Waals surface area contributed by atoms with Gasteiger partial charge in [-0.05, 0) is 44.9 Å². The number of aliphatic hydroxyl groups excluding tert-OH is 1. The lowest BCUT2D eigenvalue weighted by Crippen LogP contribution is -2.45. The number of likely N-dealkylation sites (N-methyl/N-ethyl adjacent to an activating group) is 1. The number of carbonyl (C=O) groups excluding carboxylic acids is 1. The fourth-order valence-corrected chi connectivity index (χ4v) is 8.75. The predicted octanol–water partition coefficient (Wildman–Crippen LogP) is 16.2. The maximum absolute atomic E-state index is 12.9. The van der Waals surface area contributed by atoms with Crippen LogP contribution < -0.4 is 5.32 Å². The van der Waals surface area contributed by atoms with Crippen LogP contribution in [0.15, 0.2) is 36.5 Å². The Kier molecular flexibility index (Phi) is 45.9. The van der Waals surface area contributed by atoms with Crippen molar-refractivity contribution in [1.82, 2.24) is 5.32 Å². The minimum absolute atomic E-state index is 0.0548. The zero-order valence-electron chi connectivity index (χ0n) is 43.0. The molecule has 0 aliphatic carbocycles. The van der Waals surface area contributed by atoms with E-state index in [1.54, 1.807) is 6.08 Å². The van der Waals surface area contributed by atoms with Gasteiger partial charge >= 0.3 is 7.82 Å². The number of phosphoric acid groups is 1. The van der Waals surface area contributed by atoms with E-state index in [2.05, 4.69) is 43.5 Å². The topological polar surface area (TPSA) is 105 Å². The molecule has 0 radical (unpaired) electrons. The summed E-state index contributed by atoms with van der Waals surface area (Å²) in [4.78, 5) is 23.2. The highest BCUT2D eigenvalue weighted by Crippen LogP contribution is 2.43. The van der Waals surface area contributed by atoms with Gasteiger partial charge in [0.2, 0.25) is 5.91 Å². The van der Waals surface area contributed by atoms with Gasteiger partial charge in [0, 0.05) is 6.42 Å². The molecule has 0 aliphatic heterocycles. The molecule has 0 rings (SSSR count). The molecule has 8 nitrogen and oxygen atoms in total. The molecule has 378 valence electrons. The van der Waals surface area contributed by atoms with E-state index in [0.29, 0.717) is 17.4 Å². The maximum Gasteiger partial charge on any atom is 0.472 e. The van der Waals surface area contributed by atoms with E-state index in [4.69, 9.17) is 9.05 Å². The number of unbranched alkanes of at least 4 members (excludes halogenated alkanes) is 33. The number of quaternary nitrogens is 1. The second-order valence-electron chi connectivity index (χ2n) is 19.9. The van der Waals surface area contributed by atoms with Crippen molar-refractivity contribution < 1.29 is 32.9 Å². The highest BCUT2D eigenvalue weighted by Gasteiger charge is 2.27. The van der Waals surface area contributed by atoms with Gasteiger partial charge in [-0.3, -0.25) is 13.8 Å². The maximum atomic E-state index is 12.9. The molecule has 0 fully saturated rings. The molecule has 0 aromatic rings. The van der Waals surface area contributed by atoms with E-state index in [0.717, 1.165) is 51.4 Å². The Bertz CT molecular complexity index is 1140. The number of rotatable bonds is 50. The van der Waals surface area contributed by atoms with Crippen molar-refractivity contribution in [3.63, 3.8) is 0 Å². The highest BCUT2D eigenvalue weighted by molar-refractivity contribution is 7.47. The highest BCUT2D eigenvalue weighted by atomic mass is 31.2. The summed E-state index contributed by atoms with van der Waals surface area (Å²) in [6.45, 7) is 4.77. The quantitative estimate of drug-likeness (QED) is 0.0243. The fraction of sp³-hybridized carbons (Fsp3) is 0.873. The fourth-order valence-electron chi connectivity index (χ4n) is 8.02. The zero-order chi connectivity index (χ0) is 47.1. The minimum atomic E-state index is -4.35. The van der Waals surface area contributed by atoms with Crippen LogP contribution in [0.4, 0.5) is 0 Å². The summed E-state index contributed by atoms with van der Waals surface area (Å²) in [5.41, 5.74) is 0. The van der Waals surface area contributed by atoms with Gasteiger partial charge in [-0.15, -0.1) is 0 Å². The van der Waals surface area contributed by atoms with Gasteiger partial charge in [0.15, 0.2) is 0 Å². The van der Waals surface area contributed by atoms with Crippen molar-refractivity contribution in [1.29, 1.82) is 0 Å². The molecule has 0 spiro atoms. The molecule has 3 unspecified atom stereocenters. The Morgan fingerprint density at radius 2 is 0.859 bits per heavy atom. The van der Waals surface area contributed by atoms with Crippen LogP contribution >= 0.6 is 7.82 Å². The van der Waals surface area contributed by atoms with Crippen LogP contribution in [0.3, 0.4) is 0 Å². The van der Waals surface area contributed by atoms with Crippen LogP contribution in [0.25, 0.3) is 0 Å². The Hall–Kier alpha value is -1.28. The van der Waals surface area contributed by atoms with Crippen LogP contribution in [0.1, 0.15) is 258 Å². The molecule has 0 saturated heterocycles. The normalized spacial score (nSPS) is 14.3. The molecule has 3 atom stereocenters. The summed E-state index contributed by atoms with van der Waals surface area (Å²) in [5.74, 6) is -0.188. The number of carbonyl (C=O) groups is 1. The van der Waals surface area contributed by atoms with Gasteiger partial charge in [-0.1, -0.05) is 243 Å². The van der Waals surface area contributed by atoms with Gasteiger partial charge < -0.3 is 19.8 Å². The molecule has 0 aromatic heterocycles. The number of aliphatic hydroxyl groups is 1. The molecular formula is C55H108N2O6P+. The Morgan fingerprint density at radius 1 is 0.516 bits per heavy atom. The molecule has 64 heavy (non-hydrogen) atoms. The van der Waals surface area contributed by atoms with E-state index in [9.17, 15) is 19.4 Å². The molecule has 0 saturated carbocycles. The van der Waals surface area contributed by atoms with Crippen molar-refractivity contribution >= 4 is 13.7 Å². The first-order valence-electron chi connectivity index (χ1n) is 27.4. The first-order valence-corrected chi connectivity index (χ1v) is 28.9. The second-order valence-corrected chi connectivity index (χ2v) is 21.4. The zero-order valence-corrected chi connectivity index (χ0v) is 43.9. The van der Waals surface area contributed by atoms with E-state index >= 15 is 0 Å². The van der Waals surface area contributed by atoms with Gasteiger partial charge in [0.1, 0.15) is 13.2 Å². The summed E-state index contributed by atoms with van der Waals surface area (Å²) >= 11 is 0. The first kappa shape index (κ1) is 62.7. The molecule has 3 N–H and O–H groups in total. The number of amides is 1. The molecule has 9 heteroatoms. The smallest absolute Gasteiger partial charge is 0.387 e. The number of nitrogens with one attached hydrogen (secondary N) is 1. The molecule has 0 heterocycles. The van der Waals surface area contributed by atoms with Crippen molar-refractivity contribution in [3.8, 4) is 0 Å². The molecule has 0 bridgehead atoms. The standard InChI is InChI=1S/C55H107N2O6P/c1-6-8-10-12-14-16-18-20-21-22-23-24-25-26-27-28-29-30-31-32-33-34-35-37-39-41-43-45-47-49-55(59)56-53(52-63-64(60,61)62-51-50-57(3,4)5)54(58)48-46-44-42-40-38-36-19-17-15-13-11-9-7-2/h15,17,38,40,46,48,53-54,58H,6-14,16,18-37,39,41-45,47,49-52H2,1-5H3,(H-,56,59,60,61)/p+1/b17-15+,40-38+,48-46+. The average molecular weight is 924 g/mol. The second kappa shape index (κ2) is 46.8. The van der Waals surface area contributed by atoms with Crippen molar-refractivity contribution in [2.45, 2.75) is 270 Å². The monoisotopic (exact) mass is 924 g/mol. The van der Waals surface area contributed by atoms with Crippen LogP contribution in [-0.2, 0) is 18.4 Å². The third-order valence-corrected chi connectivity index (χ3v) is 13.3. The largest absolute Gasteiger partial charge is 0.472 e. The summed E-state index contributed by atoms with van der Waals surface area (Å²) in [7, 11) is 1.55.